The van der Waals surface area contributed by atoms with Gasteiger partial charge in [-0.3, -0.25) is 4.98 Å². The van der Waals surface area contributed by atoms with E-state index >= 15 is 0 Å². The summed E-state index contributed by atoms with van der Waals surface area (Å²) in [4.78, 5) is 4.12. The summed E-state index contributed by atoms with van der Waals surface area (Å²) in [5.74, 6) is 0. The molecule has 0 saturated heterocycles. The number of pyridine rings is 1. The van der Waals surface area contributed by atoms with Crippen molar-refractivity contribution in [2.45, 2.75) is 11.3 Å². The lowest BCUT2D eigenvalue weighted by Gasteiger charge is -2.11. The van der Waals surface area contributed by atoms with Gasteiger partial charge in [-0.2, -0.15) is 0 Å². The van der Waals surface area contributed by atoms with E-state index in [2.05, 4.69) is 15.0 Å². The molecular weight excluding hydrogens is 288 g/mol. The number of benzene rings is 1. The lowest BCUT2D eigenvalue weighted by molar-refractivity contribution is 0.588. The van der Waals surface area contributed by atoms with E-state index in [0.29, 0.717) is 12.2 Å². The van der Waals surface area contributed by atoms with Crippen LogP contribution in [0, 0.1) is 0 Å². The molecule has 1 aromatic carbocycles. The average molecular weight is 306 g/mol. The van der Waals surface area contributed by atoms with Crippen molar-refractivity contribution in [3.8, 4) is 0 Å². The van der Waals surface area contributed by atoms with Crippen LogP contribution in [0.4, 0.5) is 11.4 Å². The molecule has 2 rings (SSSR count). The van der Waals surface area contributed by atoms with Gasteiger partial charge in [0.05, 0.1) is 16.3 Å². The Morgan fingerprint density at radius 3 is 2.52 bits per heavy atom. The number of nitrogens with zero attached hydrogens (tertiary/aromatic N) is 1. The zero-order valence-corrected chi connectivity index (χ0v) is 12.5. The van der Waals surface area contributed by atoms with Gasteiger partial charge >= 0.3 is 0 Å². The molecule has 7 heteroatoms. The molecule has 0 radical (unpaired) electrons. The highest BCUT2D eigenvalue weighted by molar-refractivity contribution is 7.89. The van der Waals surface area contributed by atoms with Crippen LogP contribution < -0.4 is 15.8 Å². The predicted molar refractivity (Wildman–Crippen MR) is 83.5 cm³/mol. The first-order chi connectivity index (χ1) is 10.0. The number of hydrogen-bond donors (Lipinski definition) is 3. The summed E-state index contributed by atoms with van der Waals surface area (Å²) in [6.45, 7) is 0.701. The Bertz CT molecular complexity index is 702. The predicted octanol–water partition coefficient (Wildman–Crippen LogP) is 1.23. The monoisotopic (exact) mass is 306 g/mol. The van der Waals surface area contributed by atoms with Crippen molar-refractivity contribution in [3.05, 3.63) is 48.3 Å². The molecule has 1 heterocycles. The highest BCUT2D eigenvalue weighted by atomic mass is 32.2. The van der Waals surface area contributed by atoms with E-state index in [9.17, 15) is 8.42 Å². The number of hydrogen-bond acceptors (Lipinski definition) is 5. The Kier molecular flexibility index (Phi) is 4.77. The van der Waals surface area contributed by atoms with Crippen LogP contribution in [-0.2, 0) is 16.4 Å². The molecule has 0 bridgehead atoms. The minimum Gasteiger partial charge on any atom is -0.397 e. The molecule has 0 saturated carbocycles. The van der Waals surface area contributed by atoms with E-state index in [1.807, 2.05) is 12.1 Å². The number of nitrogens with two attached hydrogens (primary N) is 1. The largest absolute Gasteiger partial charge is 0.397 e. The molecule has 0 fully saturated rings. The first-order valence-corrected chi connectivity index (χ1v) is 7.97. The van der Waals surface area contributed by atoms with Gasteiger partial charge < -0.3 is 11.1 Å². The third-order valence-electron chi connectivity index (χ3n) is 3.08. The van der Waals surface area contributed by atoms with Crippen molar-refractivity contribution in [3.63, 3.8) is 0 Å². The Labute approximate surface area is 124 Å². The maximum Gasteiger partial charge on any atom is 0.240 e. The molecule has 4 N–H and O–H groups in total. The molecule has 0 unspecified atom stereocenters. The van der Waals surface area contributed by atoms with Gasteiger partial charge in [-0.05, 0) is 49.4 Å². The third-order valence-corrected chi connectivity index (χ3v) is 4.49. The minimum atomic E-state index is -3.47. The summed E-state index contributed by atoms with van der Waals surface area (Å²) >= 11 is 0. The van der Waals surface area contributed by atoms with Crippen LogP contribution in [0.15, 0.2) is 47.6 Å². The van der Waals surface area contributed by atoms with E-state index in [4.69, 9.17) is 5.73 Å². The topological polar surface area (TPSA) is 97.1 Å². The fourth-order valence-corrected chi connectivity index (χ4v) is 2.64. The average Bonchev–Trinajstić information content (AvgIpc) is 2.50. The fraction of sp³-hybridized carbons (Fsp3) is 0.214. The molecule has 0 aliphatic rings. The van der Waals surface area contributed by atoms with Gasteiger partial charge in [0.25, 0.3) is 0 Å². The van der Waals surface area contributed by atoms with Crippen LogP contribution in [0.5, 0.6) is 0 Å². The molecule has 0 spiro atoms. The number of rotatable bonds is 6. The molecule has 0 atom stereocenters. The number of aromatic nitrogens is 1. The normalized spacial score (nSPS) is 11.3. The summed E-state index contributed by atoms with van der Waals surface area (Å²) in [6, 6.07) is 8.55. The Hall–Kier alpha value is -2.12. The number of nitrogens with one attached hydrogen (secondary N) is 2. The Balaban J connectivity index is 2.02. The first-order valence-electron chi connectivity index (χ1n) is 6.49. The zero-order chi connectivity index (χ0) is 15.3. The molecule has 0 amide bonds. The van der Waals surface area contributed by atoms with Gasteiger partial charge in [0, 0.05) is 18.9 Å². The summed E-state index contributed by atoms with van der Waals surface area (Å²) in [7, 11) is -2.10. The summed E-state index contributed by atoms with van der Waals surface area (Å²) in [6.07, 6.45) is 4.33. The quantitative estimate of drug-likeness (QED) is 0.697. The van der Waals surface area contributed by atoms with E-state index in [-0.39, 0.29) is 4.90 Å². The van der Waals surface area contributed by atoms with Gasteiger partial charge in [0.2, 0.25) is 10.0 Å². The van der Waals surface area contributed by atoms with Crippen molar-refractivity contribution in [2.75, 3.05) is 24.6 Å². The van der Waals surface area contributed by atoms with Gasteiger partial charge in [0.15, 0.2) is 0 Å². The molecular formula is C14H18N4O2S. The molecule has 0 aliphatic carbocycles. The van der Waals surface area contributed by atoms with Crippen molar-refractivity contribution < 1.29 is 8.42 Å². The van der Waals surface area contributed by atoms with Crippen LogP contribution in [0.1, 0.15) is 5.56 Å². The van der Waals surface area contributed by atoms with Gasteiger partial charge in [0.1, 0.15) is 0 Å². The summed E-state index contributed by atoms with van der Waals surface area (Å²) in [5, 5.41) is 3.20. The van der Waals surface area contributed by atoms with Crippen LogP contribution >= 0.6 is 0 Å². The van der Waals surface area contributed by atoms with Crippen LogP contribution in [0.2, 0.25) is 0 Å². The molecule has 2 aromatic rings. The maximum atomic E-state index is 11.7. The van der Waals surface area contributed by atoms with Gasteiger partial charge in [-0.15, -0.1) is 0 Å². The number of nitrogen functional groups attached to an aromatic ring is 1. The van der Waals surface area contributed by atoms with Gasteiger partial charge in [-0.25, -0.2) is 13.1 Å². The summed E-state index contributed by atoms with van der Waals surface area (Å²) < 4.78 is 25.6. The number of anilines is 2. The second-order valence-corrected chi connectivity index (χ2v) is 6.38. The van der Waals surface area contributed by atoms with E-state index < -0.39 is 10.0 Å². The molecule has 112 valence electrons. The van der Waals surface area contributed by atoms with E-state index in [1.165, 1.54) is 24.7 Å². The van der Waals surface area contributed by atoms with Crippen molar-refractivity contribution in [1.82, 2.24) is 9.71 Å². The van der Waals surface area contributed by atoms with Crippen LogP contribution in [0.25, 0.3) is 0 Å². The highest BCUT2D eigenvalue weighted by Gasteiger charge is 2.12. The highest BCUT2D eigenvalue weighted by Crippen LogP contribution is 2.22. The SMILES string of the molecule is CNS(=O)(=O)c1ccc(NCCc2ccncc2)c(N)c1. The van der Waals surface area contributed by atoms with Crippen LogP contribution in [-0.4, -0.2) is 27.0 Å². The second-order valence-electron chi connectivity index (χ2n) is 4.49. The molecule has 0 aliphatic heterocycles. The molecule has 1 aromatic heterocycles. The fourth-order valence-electron chi connectivity index (χ4n) is 1.88. The number of sulfonamides is 1. The van der Waals surface area contributed by atoms with Crippen molar-refractivity contribution in [1.29, 1.82) is 0 Å². The van der Waals surface area contributed by atoms with E-state index in [1.54, 1.807) is 18.5 Å². The van der Waals surface area contributed by atoms with Crippen molar-refractivity contribution in [2.24, 2.45) is 0 Å². The zero-order valence-electron chi connectivity index (χ0n) is 11.7. The Morgan fingerprint density at radius 1 is 1.19 bits per heavy atom. The van der Waals surface area contributed by atoms with Gasteiger partial charge in [-0.1, -0.05) is 0 Å². The lowest BCUT2D eigenvalue weighted by atomic mass is 10.2. The lowest BCUT2D eigenvalue weighted by Crippen LogP contribution is -2.19. The first kappa shape index (κ1) is 15.3. The standard InChI is InChI=1S/C14H18N4O2S/c1-16-21(19,20)12-2-3-14(13(15)10-12)18-9-6-11-4-7-17-8-5-11/h2-5,7-8,10,16,18H,6,9,15H2,1H3. The smallest absolute Gasteiger partial charge is 0.240 e. The van der Waals surface area contributed by atoms with E-state index in [0.717, 1.165) is 12.1 Å². The third kappa shape index (κ3) is 3.93. The second kappa shape index (κ2) is 6.55. The molecule has 6 nitrogen and oxygen atoms in total. The van der Waals surface area contributed by atoms with Crippen LogP contribution in [0.3, 0.4) is 0 Å². The summed E-state index contributed by atoms with van der Waals surface area (Å²) in [5.41, 5.74) is 8.18. The van der Waals surface area contributed by atoms with Crippen molar-refractivity contribution >= 4 is 21.4 Å². The maximum absolute atomic E-state index is 11.7. The minimum absolute atomic E-state index is 0.155. The Morgan fingerprint density at radius 2 is 1.90 bits per heavy atom. The molecule has 21 heavy (non-hydrogen) atoms.